The van der Waals surface area contributed by atoms with Gasteiger partial charge in [0.2, 0.25) is 0 Å². The number of carboxylic acids is 1. The minimum absolute atomic E-state index is 0.143. The summed E-state index contributed by atoms with van der Waals surface area (Å²) in [5.41, 5.74) is 0.966. The molecule has 2 aromatic rings. The molecule has 1 aliphatic carbocycles. The lowest BCUT2D eigenvalue weighted by atomic mass is 10.1. The fraction of sp³-hybridized carbons (Fsp3) is 0.231. The summed E-state index contributed by atoms with van der Waals surface area (Å²) in [5.74, 6) is -0.519. The van der Waals surface area contributed by atoms with Gasteiger partial charge in [-0.3, -0.25) is 0 Å². The van der Waals surface area contributed by atoms with Gasteiger partial charge in [0, 0.05) is 10.9 Å². The van der Waals surface area contributed by atoms with Crippen LogP contribution in [0.15, 0.2) is 24.3 Å². The van der Waals surface area contributed by atoms with Gasteiger partial charge >= 0.3 is 5.97 Å². The van der Waals surface area contributed by atoms with Crippen LogP contribution in [0, 0.1) is 0 Å². The first-order valence-electron chi connectivity index (χ1n) is 5.65. The van der Waals surface area contributed by atoms with Crippen molar-refractivity contribution in [1.29, 1.82) is 0 Å². The minimum atomic E-state index is -0.979. The zero-order valence-electron chi connectivity index (χ0n) is 9.39. The molecule has 1 heterocycles. The summed E-state index contributed by atoms with van der Waals surface area (Å²) >= 11 is 7.41. The third kappa shape index (κ3) is 2.13. The number of benzene rings is 1. The molecule has 1 aliphatic rings. The minimum Gasteiger partial charge on any atom is -0.476 e. The number of rotatable bonds is 3. The van der Waals surface area contributed by atoms with E-state index in [1.54, 1.807) is 12.1 Å². The molecule has 0 unspecified atom stereocenters. The highest BCUT2D eigenvalue weighted by Gasteiger charge is 2.30. The Balaban J connectivity index is 2.11. The maximum Gasteiger partial charge on any atom is 0.356 e. The van der Waals surface area contributed by atoms with Crippen molar-refractivity contribution in [3.63, 3.8) is 0 Å². The van der Waals surface area contributed by atoms with Crippen LogP contribution in [0.4, 0.5) is 0 Å². The maximum absolute atomic E-state index is 11.2. The van der Waals surface area contributed by atoms with Gasteiger partial charge in [0.15, 0.2) is 5.69 Å². The quantitative estimate of drug-likeness (QED) is 0.922. The number of hydrogen-bond donors (Lipinski definition) is 1. The topological polar surface area (TPSA) is 50.2 Å². The van der Waals surface area contributed by atoms with Crippen LogP contribution in [0.2, 0.25) is 5.02 Å². The Labute approximate surface area is 113 Å². The van der Waals surface area contributed by atoms with E-state index in [1.807, 2.05) is 12.1 Å². The van der Waals surface area contributed by atoms with Crippen molar-refractivity contribution >= 4 is 28.9 Å². The highest BCUT2D eigenvalue weighted by Crippen LogP contribution is 2.45. The van der Waals surface area contributed by atoms with Crippen LogP contribution in [-0.4, -0.2) is 16.1 Å². The molecule has 0 spiro atoms. The number of aromatic nitrogens is 1. The van der Waals surface area contributed by atoms with E-state index in [-0.39, 0.29) is 5.69 Å². The molecular weight excluding hydrogens is 270 g/mol. The van der Waals surface area contributed by atoms with Crippen LogP contribution in [0.25, 0.3) is 10.4 Å². The largest absolute Gasteiger partial charge is 0.476 e. The fourth-order valence-corrected chi connectivity index (χ4v) is 3.23. The maximum atomic E-state index is 11.2. The second kappa shape index (κ2) is 4.37. The van der Waals surface area contributed by atoms with E-state index in [4.69, 9.17) is 11.6 Å². The first kappa shape index (κ1) is 11.7. The second-order valence-electron chi connectivity index (χ2n) is 4.32. The molecule has 1 aromatic carbocycles. The standard InChI is InChI=1S/C13H10ClNO2S/c14-9-3-1-2-8(6-9)11-10(13(16)17)15-12(18-11)7-4-5-7/h1-3,6-7H,4-5H2,(H,16,17). The second-order valence-corrected chi connectivity index (χ2v) is 5.79. The Morgan fingerprint density at radius 1 is 1.44 bits per heavy atom. The molecule has 0 radical (unpaired) electrons. The average molecular weight is 280 g/mol. The summed E-state index contributed by atoms with van der Waals surface area (Å²) in [4.78, 5) is 16.2. The summed E-state index contributed by atoms with van der Waals surface area (Å²) in [6.07, 6.45) is 2.23. The first-order valence-corrected chi connectivity index (χ1v) is 6.84. The molecule has 0 bridgehead atoms. The average Bonchev–Trinajstić information content (AvgIpc) is 3.08. The summed E-state index contributed by atoms with van der Waals surface area (Å²) in [5, 5.41) is 10.8. The van der Waals surface area contributed by atoms with Gasteiger partial charge < -0.3 is 5.11 Å². The van der Waals surface area contributed by atoms with Crippen molar-refractivity contribution in [2.75, 3.05) is 0 Å². The van der Waals surface area contributed by atoms with Gasteiger partial charge in [-0.1, -0.05) is 23.7 Å². The number of nitrogens with zero attached hydrogens (tertiary/aromatic N) is 1. The smallest absolute Gasteiger partial charge is 0.356 e. The number of carbonyl (C=O) groups is 1. The molecule has 3 rings (SSSR count). The molecule has 0 amide bonds. The molecule has 3 nitrogen and oxygen atoms in total. The third-order valence-electron chi connectivity index (χ3n) is 2.86. The summed E-state index contributed by atoms with van der Waals surface area (Å²) in [6.45, 7) is 0. The molecule has 1 N–H and O–H groups in total. The van der Waals surface area contributed by atoms with Crippen molar-refractivity contribution in [2.45, 2.75) is 18.8 Å². The van der Waals surface area contributed by atoms with Crippen molar-refractivity contribution in [3.05, 3.63) is 40.0 Å². The molecular formula is C13H10ClNO2S. The van der Waals surface area contributed by atoms with Crippen molar-refractivity contribution in [1.82, 2.24) is 4.98 Å². The van der Waals surface area contributed by atoms with Crippen LogP contribution in [0.1, 0.15) is 34.3 Å². The Hall–Kier alpha value is -1.39. The number of thiazole rings is 1. The van der Waals surface area contributed by atoms with Crippen molar-refractivity contribution in [3.8, 4) is 10.4 Å². The zero-order valence-corrected chi connectivity index (χ0v) is 11.0. The number of carboxylic acid groups (broad SMARTS) is 1. The number of halogens is 1. The van der Waals surface area contributed by atoms with E-state index >= 15 is 0 Å². The van der Waals surface area contributed by atoms with E-state index in [1.165, 1.54) is 11.3 Å². The lowest BCUT2D eigenvalue weighted by molar-refractivity contribution is 0.0692. The van der Waals surface area contributed by atoms with Gasteiger partial charge in [-0.2, -0.15) is 0 Å². The third-order valence-corrected chi connectivity index (χ3v) is 4.36. The van der Waals surface area contributed by atoms with Crippen LogP contribution < -0.4 is 0 Å². The zero-order chi connectivity index (χ0) is 12.7. The summed E-state index contributed by atoms with van der Waals surface area (Å²) in [6, 6.07) is 7.23. The number of hydrogen-bond acceptors (Lipinski definition) is 3. The van der Waals surface area contributed by atoms with E-state index in [9.17, 15) is 9.90 Å². The molecule has 1 aromatic heterocycles. The number of aromatic carboxylic acids is 1. The van der Waals surface area contributed by atoms with Crippen molar-refractivity contribution < 1.29 is 9.90 Å². The molecule has 5 heteroatoms. The Bertz CT molecular complexity index is 619. The van der Waals surface area contributed by atoms with E-state index < -0.39 is 5.97 Å². The normalized spacial score (nSPS) is 14.7. The van der Waals surface area contributed by atoms with Crippen molar-refractivity contribution in [2.24, 2.45) is 0 Å². The van der Waals surface area contributed by atoms with Gasteiger partial charge in [0.05, 0.1) is 9.88 Å². The van der Waals surface area contributed by atoms with Gasteiger partial charge in [0.25, 0.3) is 0 Å². The molecule has 0 atom stereocenters. The Morgan fingerprint density at radius 3 is 2.83 bits per heavy atom. The van der Waals surface area contributed by atoms with Gasteiger partial charge in [0.1, 0.15) is 0 Å². The van der Waals surface area contributed by atoms with Crippen LogP contribution >= 0.6 is 22.9 Å². The SMILES string of the molecule is O=C(O)c1nc(C2CC2)sc1-c1cccc(Cl)c1. The van der Waals surface area contributed by atoms with Gasteiger partial charge in [-0.05, 0) is 30.5 Å². The lowest BCUT2D eigenvalue weighted by Crippen LogP contribution is -1.99. The highest BCUT2D eigenvalue weighted by atomic mass is 35.5. The predicted octanol–water partition coefficient (Wildman–Crippen LogP) is 4.04. The van der Waals surface area contributed by atoms with Gasteiger partial charge in [-0.15, -0.1) is 11.3 Å². The fourth-order valence-electron chi connectivity index (χ4n) is 1.81. The van der Waals surface area contributed by atoms with Crippen LogP contribution in [0.3, 0.4) is 0 Å². The first-order chi connectivity index (χ1) is 8.65. The van der Waals surface area contributed by atoms with E-state index in [0.717, 1.165) is 23.4 Å². The summed E-state index contributed by atoms with van der Waals surface area (Å²) < 4.78 is 0. The van der Waals surface area contributed by atoms with Crippen LogP contribution in [-0.2, 0) is 0 Å². The lowest BCUT2D eigenvalue weighted by Gasteiger charge is -1.99. The Kier molecular flexibility index (Phi) is 2.84. The molecule has 92 valence electrons. The summed E-state index contributed by atoms with van der Waals surface area (Å²) in [7, 11) is 0. The van der Waals surface area contributed by atoms with Crippen LogP contribution in [0.5, 0.6) is 0 Å². The Morgan fingerprint density at radius 2 is 2.22 bits per heavy atom. The molecule has 0 saturated heterocycles. The molecule has 1 saturated carbocycles. The monoisotopic (exact) mass is 279 g/mol. The highest BCUT2D eigenvalue weighted by molar-refractivity contribution is 7.15. The van der Waals surface area contributed by atoms with E-state index in [0.29, 0.717) is 15.8 Å². The molecule has 1 fully saturated rings. The predicted molar refractivity (Wildman–Crippen MR) is 71.5 cm³/mol. The van der Waals surface area contributed by atoms with Gasteiger partial charge in [-0.25, -0.2) is 9.78 Å². The molecule has 0 aliphatic heterocycles. The van der Waals surface area contributed by atoms with E-state index in [2.05, 4.69) is 4.98 Å². The molecule has 18 heavy (non-hydrogen) atoms.